The van der Waals surface area contributed by atoms with E-state index in [-0.39, 0.29) is 5.60 Å². The molecule has 0 aliphatic carbocycles. The van der Waals surface area contributed by atoms with Crippen LogP contribution in [-0.2, 0) is 4.74 Å². The standard InChI is InChI=1S/C14H20O2/c1-5-12-8-6-7-9-13(12)15-10-11-16-14(2,3)4/h5-9H,1,10-11H2,2-4H3. The molecule has 0 saturated carbocycles. The van der Waals surface area contributed by atoms with Crippen molar-refractivity contribution in [1.29, 1.82) is 0 Å². The van der Waals surface area contributed by atoms with Crippen LogP contribution in [0.1, 0.15) is 26.3 Å². The number of rotatable bonds is 5. The zero-order valence-electron chi connectivity index (χ0n) is 10.3. The molecule has 1 aromatic carbocycles. The second-order valence-corrected chi connectivity index (χ2v) is 4.55. The predicted octanol–water partition coefficient (Wildman–Crippen LogP) is 3.52. The SMILES string of the molecule is C=Cc1ccccc1OCCOC(C)(C)C. The number of benzene rings is 1. The fraction of sp³-hybridized carbons (Fsp3) is 0.429. The Labute approximate surface area is 97.9 Å². The highest BCUT2D eigenvalue weighted by Crippen LogP contribution is 2.18. The first-order chi connectivity index (χ1) is 7.53. The summed E-state index contributed by atoms with van der Waals surface area (Å²) in [5.74, 6) is 0.856. The average molecular weight is 220 g/mol. The molecule has 0 saturated heterocycles. The van der Waals surface area contributed by atoms with Crippen LogP contribution in [0.25, 0.3) is 6.08 Å². The monoisotopic (exact) mass is 220 g/mol. The topological polar surface area (TPSA) is 18.5 Å². The van der Waals surface area contributed by atoms with Crippen molar-refractivity contribution in [3.63, 3.8) is 0 Å². The highest BCUT2D eigenvalue weighted by atomic mass is 16.5. The Balaban J connectivity index is 2.40. The van der Waals surface area contributed by atoms with Gasteiger partial charge in [-0.1, -0.05) is 30.9 Å². The summed E-state index contributed by atoms with van der Waals surface area (Å²) in [6.45, 7) is 11.0. The van der Waals surface area contributed by atoms with E-state index in [9.17, 15) is 0 Å². The molecule has 0 fully saturated rings. The lowest BCUT2D eigenvalue weighted by Gasteiger charge is -2.19. The zero-order chi connectivity index (χ0) is 12.0. The van der Waals surface area contributed by atoms with Crippen molar-refractivity contribution < 1.29 is 9.47 Å². The van der Waals surface area contributed by atoms with Crippen LogP contribution in [0.2, 0.25) is 0 Å². The maximum absolute atomic E-state index is 5.63. The van der Waals surface area contributed by atoms with Gasteiger partial charge in [-0.3, -0.25) is 0 Å². The third-order valence-electron chi connectivity index (χ3n) is 2.01. The van der Waals surface area contributed by atoms with Crippen LogP contribution in [0.4, 0.5) is 0 Å². The van der Waals surface area contributed by atoms with Crippen molar-refractivity contribution in [1.82, 2.24) is 0 Å². The summed E-state index contributed by atoms with van der Waals surface area (Å²) >= 11 is 0. The minimum absolute atomic E-state index is 0.110. The van der Waals surface area contributed by atoms with Crippen molar-refractivity contribution in [2.24, 2.45) is 0 Å². The van der Waals surface area contributed by atoms with Crippen LogP contribution >= 0.6 is 0 Å². The van der Waals surface area contributed by atoms with Crippen molar-refractivity contribution in [2.45, 2.75) is 26.4 Å². The lowest BCUT2D eigenvalue weighted by Crippen LogP contribution is -2.22. The molecule has 0 amide bonds. The first kappa shape index (κ1) is 12.8. The Hall–Kier alpha value is -1.28. The maximum Gasteiger partial charge on any atom is 0.126 e. The third kappa shape index (κ3) is 4.49. The summed E-state index contributed by atoms with van der Waals surface area (Å²) in [5.41, 5.74) is 0.902. The highest BCUT2D eigenvalue weighted by molar-refractivity contribution is 5.55. The Bertz CT molecular complexity index is 337. The van der Waals surface area contributed by atoms with Gasteiger partial charge >= 0.3 is 0 Å². The second kappa shape index (κ2) is 5.71. The fourth-order valence-corrected chi connectivity index (χ4v) is 1.28. The number of ether oxygens (including phenoxy) is 2. The second-order valence-electron chi connectivity index (χ2n) is 4.55. The highest BCUT2D eigenvalue weighted by Gasteiger charge is 2.09. The van der Waals surface area contributed by atoms with Gasteiger partial charge in [-0.25, -0.2) is 0 Å². The van der Waals surface area contributed by atoms with E-state index in [1.165, 1.54) is 0 Å². The molecule has 2 nitrogen and oxygen atoms in total. The minimum Gasteiger partial charge on any atom is -0.491 e. The number of hydrogen-bond acceptors (Lipinski definition) is 2. The van der Waals surface area contributed by atoms with Gasteiger partial charge in [0.05, 0.1) is 12.2 Å². The van der Waals surface area contributed by atoms with E-state index >= 15 is 0 Å². The Morgan fingerprint density at radius 3 is 2.50 bits per heavy atom. The molecule has 0 aromatic heterocycles. The van der Waals surface area contributed by atoms with Crippen molar-refractivity contribution in [3.8, 4) is 5.75 Å². The van der Waals surface area contributed by atoms with E-state index in [2.05, 4.69) is 6.58 Å². The van der Waals surface area contributed by atoms with E-state index in [0.29, 0.717) is 13.2 Å². The van der Waals surface area contributed by atoms with E-state index in [1.54, 1.807) is 6.08 Å². The summed E-state index contributed by atoms with van der Waals surface area (Å²) in [6.07, 6.45) is 1.79. The van der Waals surface area contributed by atoms with E-state index in [1.807, 2.05) is 45.0 Å². The van der Waals surface area contributed by atoms with Crippen molar-refractivity contribution in [3.05, 3.63) is 36.4 Å². The van der Waals surface area contributed by atoms with Crippen molar-refractivity contribution in [2.75, 3.05) is 13.2 Å². The maximum atomic E-state index is 5.63. The molecule has 0 unspecified atom stereocenters. The van der Waals surface area contributed by atoms with Crippen molar-refractivity contribution >= 4 is 6.08 Å². The van der Waals surface area contributed by atoms with Gasteiger partial charge in [-0.2, -0.15) is 0 Å². The average Bonchev–Trinajstić information content (AvgIpc) is 2.23. The molecular weight excluding hydrogens is 200 g/mol. The lowest BCUT2D eigenvalue weighted by atomic mass is 10.2. The molecule has 1 aromatic rings. The van der Waals surface area contributed by atoms with Crippen LogP contribution in [0.3, 0.4) is 0 Å². The molecule has 2 heteroatoms. The summed E-state index contributed by atoms with van der Waals surface area (Å²) in [6, 6.07) is 7.84. The summed E-state index contributed by atoms with van der Waals surface area (Å²) in [7, 11) is 0. The molecule has 0 bridgehead atoms. The lowest BCUT2D eigenvalue weighted by molar-refractivity contribution is -0.0163. The molecule has 0 atom stereocenters. The van der Waals surface area contributed by atoms with Gasteiger partial charge in [0.2, 0.25) is 0 Å². The fourth-order valence-electron chi connectivity index (χ4n) is 1.28. The van der Waals surface area contributed by atoms with E-state index < -0.39 is 0 Å². The summed E-state index contributed by atoms with van der Waals surface area (Å²) in [4.78, 5) is 0. The molecule has 0 heterocycles. The molecule has 0 aliphatic heterocycles. The zero-order valence-corrected chi connectivity index (χ0v) is 10.3. The largest absolute Gasteiger partial charge is 0.491 e. The Morgan fingerprint density at radius 1 is 1.19 bits per heavy atom. The molecular formula is C14H20O2. The molecule has 1 rings (SSSR count). The predicted molar refractivity (Wildman–Crippen MR) is 67.7 cm³/mol. The van der Waals surface area contributed by atoms with Gasteiger partial charge < -0.3 is 9.47 Å². The van der Waals surface area contributed by atoms with Gasteiger partial charge in [0.15, 0.2) is 0 Å². The van der Waals surface area contributed by atoms with E-state index in [0.717, 1.165) is 11.3 Å². The van der Waals surface area contributed by atoms with Crippen LogP contribution in [-0.4, -0.2) is 18.8 Å². The van der Waals surface area contributed by atoms with Crippen LogP contribution in [0, 0.1) is 0 Å². The molecule has 88 valence electrons. The summed E-state index contributed by atoms with van der Waals surface area (Å²) in [5, 5.41) is 0. The summed E-state index contributed by atoms with van der Waals surface area (Å²) < 4.78 is 11.2. The molecule has 0 radical (unpaired) electrons. The number of hydrogen-bond donors (Lipinski definition) is 0. The first-order valence-corrected chi connectivity index (χ1v) is 5.51. The first-order valence-electron chi connectivity index (χ1n) is 5.51. The molecule has 16 heavy (non-hydrogen) atoms. The number of para-hydroxylation sites is 1. The van der Waals surface area contributed by atoms with Gasteiger partial charge in [0, 0.05) is 5.56 Å². The van der Waals surface area contributed by atoms with Gasteiger partial charge in [-0.05, 0) is 26.8 Å². The van der Waals surface area contributed by atoms with E-state index in [4.69, 9.17) is 9.47 Å². The Kier molecular flexibility index (Phi) is 4.56. The van der Waals surface area contributed by atoms with Gasteiger partial charge in [-0.15, -0.1) is 0 Å². The minimum atomic E-state index is -0.110. The Morgan fingerprint density at radius 2 is 1.88 bits per heavy atom. The van der Waals surface area contributed by atoms with Crippen LogP contribution < -0.4 is 4.74 Å². The van der Waals surface area contributed by atoms with Gasteiger partial charge in [0.25, 0.3) is 0 Å². The molecule has 0 N–H and O–H groups in total. The quantitative estimate of drug-likeness (QED) is 0.707. The smallest absolute Gasteiger partial charge is 0.126 e. The van der Waals surface area contributed by atoms with Crippen LogP contribution in [0.15, 0.2) is 30.8 Å². The third-order valence-corrected chi connectivity index (χ3v) is 2.01. The molecule has 0 spiro atoms. The van der Waals surface area contributed by atoms with Gasteiger partial charge in [0.1, 0.15) is 12.4 Å². The normalized spacial score (nSPS) is 11.2. The van der Waals surface area contributed by atoms with Crippen LogP contribution in [0.5, 0.6) is 5.75 Å². The molecule has 0 aliphatic rings.